The average Bonchev–Trinajstić information content (AvgIpc) is 2.69. The zero-order chi connectivity index (χ0) is 19.6. The van der Waals surface area contributed by atoms with E-state index in [0.717, 1.165) is 5.56 Å². The van der Waals surface area contributed by atoms with Gasteiger partial charge in [-0.15, -0.1) is 0 Å². The van der Waals surface area contributed by atoms with Gasteiger partial charge in [0.1, 0.15) is 17.2 Å². The number of hydrogen-bond donors (Lipinski definition) is 2. The van der Waals surface area contributed by atoms with Crippen molar-refractivity contribution in [2.24, 2.45) is 5.92 Å². The summed E-state index contributed by atoms with van der Waals surface area (Å²) in [6, 6.07) is 14.0. The van der Waals surface area contributed by atoms with Crippen molar-refractivity contribution in [1.29, 1.82) is 0 Å². The smallest absolute Gasteiger partial charge is 0.308 e. The fourth-order valence-electron chi connectivity index (χ4n) is 2.49. The van der Waals surface area contributed by atoms with Crippen LogP contribution in [0, 0.1) is 5.92 Å². The number of ether oxygens (including phenoxy) is 3. The van der Waals surface area contributed by atoms with Crippen LogP contribution in [0.5, 0.6) is 17.2 Å². The number of rotatable bonds is 10. The molecular formula is C20H23NO6. The maximum absolute atomic E-state index is 12.0. The van der Waals surface area contributed by atoms with Crippen LogP contribution in [0.3, 0.4) is 0 Å². The second-order valence-corrected chi connectivity index (χ2v) is 5.82. The number of carboxylic acid groups (broad SMARTS) is 1. The van der Waals surface area contributed by atoms with Crippen LogP contribution in [0.25, 0.3) is 0 Å². The molecule has 144 valence electrons. The van der Waals surface area contributed by atoms with Gasteiger partial charge in [0, 0.05) is 6.54 Å². The van der Waals surface area contributed by atoms with E-state index in [2.05, 4.69) is 5.32 Å². The predicted molar refractivity (Wildman–Crippen MR) is 99.3 cm³/mol. The third-order valence-corrected chi connectivity index (χ3v) is 3.98. The van der Waals surface area contributed by atoms with E-state index in [1.54, 1.807) is 37.4 Å². The first-order chi connectivity index (χ1) is 13.0. The Morgan fingerprint density at radius 3 is 2.30 bits per heavy atom. The van der Waals surface area contributed by atoms with Crippen LogP contribution >= 0.6 is 0 Å². The Kier molecular flexibility index (Phi) is 7.49. The summed E-state index contributed by atoms with van der Waals surface area (Å²) in [5.74, 6) is -0.319. The fourth-order valence-corrected chi connectivity index (χ4v) is 2.49. The van der Waals surface area contributed by atoms with Gasteiger partial charge in [-0.2, -0.15) is 0 Å². The number of benzene rings is 2. The Bertz CT molecular complexity index is 759. The van der Waals surface area contributed by atoms with E-state index in [4.69, 9.17) is 14.2 Å². The van der Waals surface area contributed by atoms with Crippen molar-refractivity contribution >= 4 is 11.9 Å². The van der Waals surface area contributed by atoms with E-state index in [-0.39, 0.29) is 19.6 Å². The maximum Gasteiger partial charge on any atom is 0.308 e. The lowest BCUT2D eigenvalue weighted by molar-refractivity contribution is -0.141. The SMILES string of the molecule is COc1ccc(OCC(=O)NCC(Cc2ccccc2OC)C(=O)O)cc1. The van der Waals surface area contributed by atoms with Gasteiger partial charge in [-0.05, 0) is 42.3 Å². The number of nitrogens with one attached hydrogen (secondary N) is 1. The third kappa shape index (κ3) is 6.22. The third-order valence-electron chi connectivity index (χ3n) is 3.98. The Balaban J connectivity index is 1.85. The molecule has 0 aliphatic heterocycles. The summed E-state index contributed by atoms with van der Waals surface area (Å²) in [7, 11) is 3.10. The molecule has 0 saturated heterocycles. The van der Waals surface area contributed by atoms with Crippen LogP contribution < -0.4 is 19.5 Å². The monoisotopic (exact) mass is 373 g/mol. The first-order valence-corrected chi connectivity index (χ1v) is 8.41. The minimum atomic E-state index is -0.989. The molecule has 0 bridgehead atoms. The number of amides is 1. The van der Waals surface area contributed by atoms with Crippen molar-refractivity contribution in [3.05, 3.63) is 54.1 Å². The molecule has 1 atom stereocenters. The van der Waals surface area contributed by atoms with Gasteiger partial charge in [0.2, 0.25) is 0 Å². The van der Waals surface area contributed by atoms with Crippen molar-refractivity contribution in [3.8, 4) is 17.2 Å². The zero-order valence-electron chi connectivity index (χ0n) is 15.3. The van der Waals surface area contributed by atoms with Gasteiger partial charge in [-0.3, -0.25) is 9.59 Å². The van der Waals surface area contributed by atoms with Crippen molar-refractivity contribution in [3.63, 3.8) is 0 Å². The van der Waals surface area contributed by atoms with Crippen LogP contribution in [-0.4, -0.2) is 44.4 Å². The molecular weight excluding hydrogens is 350 g/mol. The normalized spacial score (nSPS) is 11.3. The molecule has 0 radical (unpaired) electrons. The fraction of sp³-hybridized carbons (Fsp3) is 0.300. The van der Waals surface area contributed by atoms with Crippen LogP contribution in [0.15, 0.2) is 48.5 Å². The summed E-state index contributed by atoms with van der Waals surface area (Å²) in [5.41, 5.74) is 0.774. The van der Waals surface area contributed by atoms with Crippen LogP contribution in [0.1, 0.15) is 5.56 Å². The quantitative estimate of drug-likeness (QED) is 0.663. The molecule has 0 aliphatic rings. The highest BCUT2D eigenvalue weighted by molar-refractivity contribution is 5.78. The number of carbonyl (C=O) groups excluding carboxylic acids is 1. The minimum absolute atomic E-state index is 0.00180. The van der Waals surface area contributed by atoms with Crippen LogP contribution in [0.4, 0.5) is 0 Å². The van der Waals surface area contributed by atoms with E-state index in [1.165, 1.54) is 7.11 Å². The van der Waals surface area contributed by atoms with Gasteiger partial charge >= 0.3 is 5.97 Å². The second-order valence-electron chi connectivity index (χ2n) is 5.82. The summed E-state index contributed by atoms with van der Waals surface area (Å²) in [6.45, 7) is -0.203. The van der Waals surface area contributed by atoms with Crippen molar-refractivity contribution in [2.45, 2.75) is 6.42 Å². The number of carboxylic acids is 1. The predicted octanol–water partition coefficient (Wildman–Crippen LogP) is 2.14. The van der Waals surface area contributed by atoms with Crippen molar-refractivity contribution in [1.82, 2.24) is 5.32 Å². The van der Waals surface area contributed by atoms with Crippen LogP contribution in [-0.2, 0) is 16.0 Å². The Morgan fingerprint density at radius 1 is 1.00 bits per heavy atom. The molecule has 1 amide bonds. The van der Waals surface area contributed by atoms with Crippen LogP contribution in [0.2, 0.25) is 0 Å². The molecule has 2 rings (SSSR count). The van der Waals surface area contributed by atoms with Gasteiger partial charge < -0.3 is 24.6 Å². The molecule has 0 aliphatic carbocycles. The minimum Gasteiger partial charge on any atom is -0.497 e. The number of methoxy groups -OCH3 is 2. The number of aliphatic carboxylic acids is 1. The molecule has 27 heavy (non-hydrogen) atoms. The molecule has 0 fully saturated rings. The zero-order valence-corrected chi connectivity index (χ0v) is 15.3. The van der Waals surface area contributed by atoms with Gasteiger partial charge in [0.05, 0.1) is 20.1 Å². The van der Waals surface area contributed by atoms with Gasteiger partial charge in [-0.25, -0.2) is 0 Å². The lowest BCUT2D eigenvalue weighted by Gasteiger charge is -2.15. The van der Waals surface area contributed by atoms with E-state index in [9.17, 15) is 14.7 Å². The summed E-state index contributed by atoms with van der Waals surface area (Å²) in [5, 5.41) is 12.0. The molecule has 2 aromatic carbocycles. The molecule has 0 saturated carbocycles. The largest absolute Gasteiger partial charge is 0.497 e. The van der Waals surface area contributed by atoms with E-state index in [1.807, 2.05) is 18.2 Å². The Labute approximate surface area is 157 Å². The lowest BCUT2D eigenvalue weighted by Crippen LogP contribution is -2.36. The Morgan fingerprint density at radius 2 is 1.67 bits per heavy atom. The molecule has 7 nitrogen and oxygen atoms in total. The van der Waals surface area contributed by atoms with Gasteiger partial charge in [0.15, 0.2) is 6.61 Å². The molecule has 2 N–H and O–H groups in total. The van der Waals surface area contributed by atoms with Crippen molar-refractivity contribution in [2.75, 3.05) is 27.4 Å². The maximum atomic E-state index is 12.0. The number of para-hydroxylation sites is 1. The highest BCUT2D eigenvalue weighted by Crippen LogP contribution is 2.21. The highest BCUT2D eigenvalue weighted by atomic mass is 16.5. The van der Waals surface area contributed by atoms with Crippen molar-refractivity contribution < 1.29 is 28.9 Å². The van der Waals surface area contributed by atoms with E-state index >= 15 is 0 Å². The molecule has 0 aromatic heterocycles. The molecule has 2 aromatic rings. The second kappa shape index (κ2) is 10.1. The Hall–Kier alpha value is -3.22. The number of carbonyl (C=O) groups is 2. The summed E-state index contributed by atoms with van der Waals surface area (Å²) >= 11 is 0. The summed E-state index contributed by atoms with van der Waals surface area (Å²) in [4.78, 5) is 23.5. The summed E-state index contributed by atoms with van der Waals surface area (Å²) in [6.07, 6.45) is 0.249. The topological polar surface area (TPSA) is 94.1 Å². The first kappa shape index (κ1) is 20.1. The highest BCUT2D eigenvalue weighted by Gasteiger charge is 2.20. The first-order valence-electron chi connectivity index (χ1n) is 8.41. The molecule has 7 heteroatoms. The van der Waals surface area contributed by atoms with E-state index < -0.39 is 17.8 Å². The standard InChI is InChI=1S/C20H23NO6/c1-25-16-7-9-17(10-8-16)27-13-19(22)21-12-15(20(23)24)11-14-5-3-4-6-18(14)26-2/h3-10,15H,11-13H2,1-2H3,(H,21,22)(H,23,24). The number of hydrogen-bond acceptors (Lipinski definition) is 5. The molecule has 1 unspecified atom stereocenters. The van der Waals surface area contributed by atoms with E-state index in [0.29, 0.717) is 17.2 Å². The summed E-state index contributed by atoms with van der Waals surface area (Å²) < 4.78 is 15.7. The van der Waals surface area contributed by atoms with Gasteiger partial charge in [-0.1, -0.05) is 18.2 Å². The van der Waals surface area contributed by atoms with Gasteiger partial charge in [0.25, 0.3) is 5.91 Å². The average molecular weight is 373 g/mol. The molecule has 0 heterocycles. The molecule has 0 spiro atoms. The lowest BCUT2D eigenvalue weighted by atomic mass is 9.98.